The van der Waals surface area contributed by atoms with E-state index >= 15 is 0 Å². The van der Waals surface area contributed by atoms with Gasteiger partial charge in [0.15, 0.2) is 0 Å². The molecule has 0 saturated carbocycles. The number of fused-ring (bicyclic) bond motifs is 2. The number of hydrogen-bond acceptors (Lipinski definition) is 2. The van der Waals surface area contributed by atoms with Gasteiger partial charge in [-0.05, 0) is 49.3 Å². The van der Waals surface area contributed by atoms with Crippen molar-refractivity contribution < 1.29 is 14.3 Å². The first kappa shape index (κ1) is 15.0. The van der Waals surface area contributed by atoms with Crippen LogP contribution >= 0.6 is 15.9 Å². The number of nitrogens with zero attached hydrogens (tertiary/aromatic N) is 1. The van der Waals surface area contributed by atoms with Gasteiger partial charge in [-0.1, -0.05) is 22.0 Å². The van der Waals surface area contributed by atoms with Gasteiger partial charge in [-0.15, -0.1) is 0 Å². The fourth-order valence-corrected chi connectivity index (χ4v) is 4.38. The van der Waals surface area contributed by atoms with Gasteiger partial charge in [-0.25, -0.2) is 4.39 Å². The Morgan fingerprint density at radius 2 is 2.00 bits per heavy atom. The molecule has 2 aliphatic heterocycles. The molecule has 21 heavy (non-hydrogen) atoms. The van der Waals surface area contributed by atoms with Gasteiger partial charge in [0, 0.05) is 29.5 Å². The minimum Gasteiger partial charge on any atom is -0.481 e. The third-order valence-electron chi connectivity index (χ3n) is 4.81. The maximum atomic E-state index is 13.2. The van der Waals surface area contributed by atoms with Crippen molar-refractivity contribution in [2.45, 2.75) is 50.7 Å². The molecule has 5 heteroatoms. The first-order valence-corrected chi connectivity index (χ1v) is 8.23. The number of piperidine rings is 1. The van der Waals surface area contributed by atoms with Gasteiger partial charge < -0.3 is 5.11 Å². The molecule has 1 N–H and O–H groups in total. The molecule has 2 saturated heterocycles. The van der Waals surface area contributed by atoms with Crippen LogP contribution in [0.5, 0.6) is 0 Å². The smallest absolute Gasteiger partial charge is 0.303 e. The van der Waals surface area contributed by atoms with Gasteiger partial charge in [0.1, 0.15) is 5.82 Å². The Morgan fingerprint density at radius 1 is 1.33 bits per heavy atom. The molecule has 114 valence electrons. The fourth-order valence-electron chi connectivity index (χ4n) is 3.91. The van der Waals surface area contributed by atoms with Crippen molar-refractivity contribution in [2.24, 2.45) is 5.92 Å². The van der Waals surface area contributed by atoms with Gasteiger partial charge in [0.2, 0.25) is 0 Å². The molecule has 0 aromatic heterocycles. The van der Waals surface area contributed by atoms with Crippen molar-refractivity contribution >= 4 is 21.9 Å². The lowest BCUT2D eigenvalue weighted by Gasteiger charge is -2.38. The minimum absolute atomic E-state index is 0.228. The van der Waals surface area contributed by atoms with Crippen LogP contribution < -0.4 is 0 Å². The molecule has 0 radical (unpaired) electrons. The predicted molar refractivity (Wildman–Crippen MR) is 81.4 cm³/mol. The van der Waals surface area contributed by atoms with E-state index < -0.39 is 5.97 Å². The highest BCUT2D eigenvalue weighted by Gasteiger charge is 2.41. The van der Waals surface area contributed by atoms with Gasteiger partial charge in [0.25, 0.3) is 0 Å². The summed E-state index contributed by atoms with van der Waals surface area (Å²) in [6.07, 6.45) is 4.55. The zero-order valence-corrected chi connectivity index (χ0v) is 13.4. The molecule has 3 nitrogen and oxygen atoms in total. The lowest BCUT2D eigenvalue weighted by Crippen LogP contribution is -2.42. The van der Waals surface area contributed by atoms with E-state index in [-0.39, 0.29) is 5.82 Å². The number of carboxylic acids is 1. The van der Waals surface area contributed by atoms with Crippen LogP contribution in [0.3, 0.4) is 0 Å². The van der Waals surface area contributed by atoms with E-state index in [1.807, 2.05) is 6.07 Å². The number of halogens is 2. The second-order valence-electron chi connectivity index (χ2n) is 6.23. The maximum absolute atomic E-state index is 13.2. The number of carboxylic acid groups (broad SMARTS) is 1. The molecule has 2 fully saturated rings. The average molecular weight is 356 g/mol. The zero-order chi connectivity index (χ0) is 15.0. The van der Waals surface area contributed by atoms with Crippen molar-refractivity contribution in [3.8, 4) is 0 Å². The van der Waals surface area contributed by atoms with E-state index in [9.17, 15) is 9.18 Å². The third-order valence-corrected chi connectivity index (χ3v) is 5.55. The highest BCUT2D eigenvalue weighted by Crippen LogP contribution is 2.41. The largest absolute Gasteiger partial charge is 0.481 e. The van der Waals surface area contributed by atoms with Crippen LogP contribution in [0.1, 0.15) is 37.7 Å². The van der Waals surface area contributed by atoms with Crippen molar-refractivity contribution in [2.75, 3.05) is 0 Å². The lowest BCUT2D eigenvalue weighted by atomic mass is 9.88. The fraction of sp³-hybridized carbons (Fsp3) is 0.562. The monoisotopic (exact) mass is 355 g/mol. The summed E-state index contributed by atoms with van der Waals surface area (Å²) in [5.41, 5.74) is 1.10. The molecule has 0 spiro atoms. The van der Waals surface area contributed by atoms with Crippen molar-refractivity contribution in [3.63, 3.8) is 0 Å². The van der Waals surface area contributed by atoms with Gasteiger partial charge in [-0.3, -0.25) is 9.69 Å². The molecule has 2 unspecified atom stereocenters. The average Bonchev–Trinajstić information content (AvgIpc) is 2.64. The summed E-state index contributed by atoms with van der Waals surface area (Å²) >= 11 is 3.43. The Bertz CT molecular complexity index is 537. The summed E-state index contributed by atoms with van der Waals surface area (Å²) in [5, 5.41) is 8.97. The van der Waals surface area contributed by atoms with E-state index in [0.29, 0.717) is 24.4 Å². The zero-order valence-electron chi connectivity index (χ0n) is 11.8. The van der Waals surface area contributed by atoms with E-state index in [0.717, 1.165) is 42.3 Å². The Labute approximate surface area is 132 Å². The Balaban J connectivity index is 1.69. The Morgan fingerprint density at radius 3 is 2.57 bits per heavy atom. The van der Waals surface area contributed by atoms with Crippen molar-refractivity contribution in [1.82, 2.24) is 4.90 Å². The Hall–Kier alpha value is -0.940. The number of benzene rings is 1. The van der Waals surface area contributed by atoms with Gasteiger partial charge in [-0.2, -0.15) is 0 Å². The first-order valence-electron chi connectivity index (χ1n) is 7.44. The summed E-state index contributed by atoms with van der Waals surface area (Å²) < 4.78 is 14.0. The van der Waals surface area contributed by atoms with Crippen LogP contribution in [-0.2, 0) is 11.3 Å². The van der Waals surface area contributed by atoms with E-state index in [1.165, 1.54) is 12.1 Å². The molecule has 2 aliphatic rings. The molecule has 3 rings (SSSR count). The normalized spacial score (nSPS) is 28.8. The van der Waals surface area contributed by atoms with Crippen molar-refractivity contribution in [3.05, 3.63) is 34.1 Å². The second-order valence-corrected chi connectivity index (χ2v) is 7.08. The summed E-state index contributed by atoms with van der Waals surface area (Å²) in [7, 11) is 0. The topological polar surface area (TPSA) is 40.5 Å². The quantitative estimate of drug-likeness (QED) is 0.892. The van der Waals surface area contributed by atoms with E-state index in [1.54, 1.807) is 0 Å². The van der Waals surface area contributed by atoms with E-state index in [2.05, 4.69) is 20.8 Å². The highest BCUT2D eigenvalue weighted by atomic mass is 79.9. The van der Waals surface area contributed by atoms with Crippen LogP contribution in [0.4, 0.5) is 4.39 Å². The summed E-state index contributed by atoms with van der Waals surface area (Å²) in [4.78, 5) is 13.4. The molecular formula is C16H19BrFNO2. The molecule has 1 aromatic rings. The number of carbonyl (C=O) groups is 1. The molecular weight excluding hydrogens is 337 g/mol. The molecule has 2 bridgehead atoms. The van der Waals surface area contributed by atoms with Gasteiger partial charge in [0.05, 0.1) is 0 Å². The predicted octanol–water partition coefficient (Wildman–Crippen LogP) is 3.81. The van der Waals surface area contributed by atoms with Crippen molar-refractivity contribution in [1.29, 1.82) is 0 Å². The third kappa shape index (κ3) is 3.29. The first-order chi connectivity index (χ1) is 10.0. The summed E-state index contributed by atoms with van der Waals surface area (Å²) in [6.45, 7) is 0.815. The van der Waals surface area contributed by atoms with Crippen LogP contribution in [0, 0.1) is 11.7 Å². The standard InChI is InChI=1S/C16H19BrFNO2/c17-15-8-12(18)2-1-11(15)9-19-13-3-4-14(19)6-10(5-13)7-16(20)21/h1-2,8,10,13-14H,3-7,9H2,(H,20,21). The molecule has 0 aliphatic carbocycles. The molecule has 0 amide bonds. The summed E-state index contributed by atoms with van der Waals surface area (Å²) in [5.74, 6) is -0.601. The molecule has 2 heterocycles. The number of aliphatic carboxylic acids is 1. The van der Waals surface area contributed by atoms with Crippen LogP contribution in [-0.4, -0.2) is 28.1 Å². The summed E-state index contributed by atoms with van der Waals surface area (Å²) in [6, 6.07) is 5.80. The highest BCUT2D eigenvalue weighted by molar-refractivity contribution is 9.10. The van der Waals surface area contributed by atoms with Crippen LogP contribution in [0.15, 0.2) is 22.7 Å². The minimum atomic E-state index is -0.686. The Kier molecular flexibility index (Phi) is 4.31. The lowest BCUT2D eigenvalue weighted by molar-refractivity contribution is -0.138. The number of hydrogen-bond donors (Lipinski definition) is 1. The van der Waals surface area contributed by atoms with Crippen LogP contribution in [0.25, 0.3) is 0 Å². The second kappa shape index (κ2) is 6.05. The molecule has 1 aromatic carbocycles. The van der Waals surface area contributed by atoms with Crippen LogP contribution in [0.2, 0.25) is 0 Å². The molecule has 2 atom stereocenters. The number of rotatable bonds is 4. The van der Waals surface area contributed by atoms with E-state index in [4.69, 9.17) is 5.11 Å². The SMILES string of the molecule is O=C(O)CC1CC2CCC(C1)N2Cc1ccc(F)cc1Br. The van der Waals surface area contributed by atoms with Gasteiger partial charge >= 0.3 is 5.97 Å². The maximum Gasteiger partial charge on any atom is 0.303 e.